The number of piperidine rings is 1. The molecule has 2 N–H and O–H groups in total. The van der Waals surface area contributed by atoms with Gasteiger partial charge in [0, 0.05) is 19.5 Å². The van der Waals surface area contributed by atoms with E-state index >= 15 is 0 Å². The van der Waals surface area contributed by atoms with Crippen molar-refractivity contribution >= 4 is 11.9 Å². The number of aliphatic hydroxyl groups excluding tert-OH is 1. The average Bonchev–Trinajstić information content (AvgIpc) is 2.18. The van der Waals surface area contributed by atoms with Gasteiger partial charge in [0.1, 0.15) is 0 Å². The van der Waals surface area contributed by atoms with Crippen LogP contribution in [0.5, 0.6) is 0 Å². The largest absolute Gasteiger partial charge is 0.481 e. The monoisotopic (exact) mass is 215 g/mol. The Morgan fingerprint density at radius 2 is 2.07 bits per heavy atom. The Bertz CT molecular complexity index is 254. The molecule has 1 heterocycles. The van der Waals surface area contributed by atoms with Crippen LogP contribution in [0, 0.1) is 5.92 Å². The molecule has 1 fully saturated rings. The van der Waals surface area contributed by atoms with Gasteiger partial charge in [-0.2, -0.15) is 0 Å². The van der Waals surface area contributed by atoms with Gasteiger partial charge in [0.2, 0.25) is 5.91 Å². The van der Waals surface area contributed by atoms with Crippen LogP contribution in [0.15, 0.2) is 0 Å². The summed E-state index contributed by atoms with van der Waals surface area (Å²) in [6, 6.07) is 0. The quantitative estimate of drug-likeness (QED) is 0.699. The van der Waals surface area contributed by atoms with Crippen LogP contribution in [-0.4, -0.2) is 46.2 Å². The van der Waals surface area contributed by atoms with E-state index in [4.69, 9.17) is 5.11 Å². The Hall–Kier alpha value is -1.10. The van der Waals surface area contributed by atoms with Crippen LogP contribution in [-0.2, 0) is 9.59 Å². The zero-order valence-electron chi connectivity index (χ0n) is 8.85. The molecule has 5 nitrogen and oxygen atoms in total. The molecule has 1 aliphatic rings. The fraction of sp³-hybridized carbons (Fsp3) is 0.800. The van der Waals surface area contributed by atoms with Crippen LogP contribution in [0.4, 0.5) is 0 Å². The number of aliphatic carboxylic acids is 1. The summed E-state index contributed by atoms with van der Waals surface area (Å²) >= 11 is 0. The number of carbonyl (C=O) groups excluding carboxylic acids is 1. The van der Waals surface area contributed by atoms with Crippen molar-refractivity contribution in [3.63, 3.8) is 0 Å². The van der Waals surface area contributed by atoms with E-state index in [9.17, 15) is 14.7 Å². The molecule has 1 saturated heterocycles. The lowest BCUT2D eigenvalue weighted by molar-refractivity contribution is -0.142. The third kappa shape index (κ3) is 3.51. The smallest absolute Gasteiger partial charge is 0.303 e. The first-order valence-corrected chi connectivity index (χ1v) is 5.18. The second-order valence-electron chi connectivity index (χ2n) is 4.07. The lowest BCUT2D eigenvalue weighted by Crippen LogP contribution is -2.45. The summed E-state index contributed by atoms with van der Waals surface area (Å²) in [7, 11) is 0. The number of carboxylic acid groups (broad SMARTS) is 1. The maximum atomic E-state index is 11.5. The fourth-order valence-electron chi connectivity index (χ4n) is 1.73. The van der Waals surface area contributed by atoms with Crippen LogP contribution in [0.3, 0.4) is 0 Å². The number of rotatable bonds is 3. The zero-order valence-corrected chi connectivity index (χ0v) is 8.85. The van der Waals surface area contributed by atoms with Gasteiger partial charge in [0.05, 0.1) is 12.5 Å². The normalized spacial score (nSPS) is 26.4. The molecule has 0 bridgehead atoms. The molecular formula is C10H17NO4. The number of hydrogen-bond acceptors (Lipinski definition) is 3. The molecule has 0 unspecified atom stereocenters. The first kappa shape index (κ1) is 12.0. The number of hydrogen-bond donors (Lipinski definition) is 2. The lowest BCUT2D eigenvalue weighted by atomic mass is 9.96. The maximum absolute atomic E-state index is 11.5. The standard InChI is InChI=1S/C10H17NO4/c1-7-6-11(5-4-8(7)12)9(13)2-3-10(14)15/h7-8,12H,2-6H2,1H3,(H,14,15)/t7-,8+/m1/s1. The minimum absolute atomic E-state index is 0.0537. The number of aliphatic hydroxyl groups is 1. The summed E-state index contributed by atoms with van der Waals surface area (Å²) in [5, 5.41) is 17.9. The minimum atomic E-state index is -0.951. The molecule has 0 aromatic rings. The van der Waals surface area contributed by atoms with E-state index in [0.717, 1.165) is 0 Å². The molecule has 0 saturated carbocycles. The van der Waals surface area contributed by atoms with Crippen molar-refractivity contribution in [1.29, 1.82) is 0 Å². The summed E-state index contributed by atoms with van der Waals surface area (Å²) in [5.74, 6) is -1.00. The van der Waals surface area contributed by atoms with Gasteiger partial charge in [-0.3, -0.25) is 9.59 Å². The van der Waals surface area contributed by atoms with Gasteiger partial charge >= 0.3 is 5.97 Å². The summed E-state index contributed by atoms with van der Waals surface area (Å²) in [6.45, 7) is 2.95. The lowest BCUT2D eigenvalue weighted by Gasteiger charge is -2.34. The number of carboxylic acids is 1. The van der Waals surface area contributed by atoms with E-state index < -0.39 is 5.97 Å². The molecule has 86 valence electrons. The first-order valence-electron chi connectivity index (χ1n) is 5.18. The highest BCUT2D eigenvalue weighted by atomic mass is 16.4. The van der Waals surface area contributed by atoms with Crippen molar-refractivity contribution in [1.82, 2.24) is 4.90 Å². The summed E-state index contributed by atoms with van der Waals surface area (Å²) in [6.07, 6.45) is 0.179. The second kappa shape index (κ2) is 5.11. The van der Waals surface area contributed by atoms with Crippen LogP contribution < -0.4 is 0 Å². The van der Waals surface area contributed by atoms with E-state index in [1.165, 1.54) is 0 Å². The molecule has 15 heavy (non-hydrogen) atoms. The first-order chi connectivity index (χ1) is 7.00. The summed E-state index contributed by atoms with van der Waals surface area (Å²) in [4.78, 5) is 23.5. The van der Waals surface area contributed by atoms with E-state index in [0.29, 0.717) is 19.5 Å². The Kier molecular flexibility index (Phi) is 4.08. The molecule has 0 aromatic carbocycles. The molecule has 0 aliphatic carbocycles. The predicted molar refractivity (Wildman–Crippen MR) is 53.2 cm³/mol. The van der Waals surface area contributed by atoms with Crippen LogP contribution in [0.2, 0.25) is 0 Å². The molecule has 0 radical (unpaired) electrons. The number of likely N-dealkylation sites (tertiary alicyclic amines) is 1. The van der Waals surface area contributed by atoms with Gasteiger partial charge in [-0.05, 0) is 12.3 Å². The van der Waals surface area contributed by atoms with Crippen LogP contribution in [0.25, 0.3) is 0 Å². The van der Waals surface area contributed by atoms with Gasteiger partial charge < -0.3 is 15.1 Å². The van der Waals surface area contributed by atoms with Crippen LogP contribution >= 0.6 is 0 Å². The highest BCUT2D eigenvalue weighted by Crippen LogP contribution is 2.17. The number of nitrogens with zero attached hydrogens (tertiary/aromatic N) is 1. The molecule has 2 atom stereocenters. The van der Waals surface area contributed by atoms with Crippen molar-refractivity contribution in [2.45, 2.75) is 32.3 Å². The molecule has 5 heteroatoms. The highest BCUT2D eigenvalue weighted by molar-refractivity contribution is 5.80. The Labute approximate surface area is 88.7 Å². The van der Waals surface area contributed by atoms with Crippen molar-refractivity contribution in [3.05, 3.63) is 0 Å². The molecule has 1 amide bonds. The molecular weight excluding hydrogens is 198 g/mol. The van der Waals surface area contributed by atoms with Gasteiger partial charge in [0.15, 0.2) is 0 Å². The third-order valence-corrected chi connectivity index (χ3v) is 2.77. The van der Waals surface area contributed by atoms with Crippen molar-refractivity contribution in [2.75, 3.05) is 13.1 Å². The second-order valence-corrected chi connectivity index (χ2v) is 4.07. The molecule has 1 aliphatic heterocycles. The Morgan fingerprint density at radius 3 is 2.60 bits per heavy atom. The van der Waals surface area contributed by atoms with Gasteiger partial charge in [-0.1, -0.05) is 6.92 Å². The fourth-order valence-corrected chi connectivity index (χ4v) is 1.73. The van der Waals surface area contributed by atoms with Gasteiger partial charge in [-0.25, -0.2) is 0 Å². The molecule has 0 aromatic heterocycles. The van der Waals surface area contributed by atoms with Crippen molar-refractivity contribution in [3.8, 4) is 0 Å². The molecule has 0 spiro atoms. The van der Waals surface area contributed by atoms with Gasteiger partial charge in [0.25, 0.3) is 0 Å². The maximum Gasteiger partial charge on any atom is 0.303 e. The van der Waals surface area contributed by atoms with E-state index in [1.54, 1.807) is 4.90 Å². The topological polar surface area (TPSA) is 77.8 Å². The average molecular weight is 215 g/mol. The van der Waals surface area contributed by atoms with Crippen molar-refractivity contribution in [2.24, 2.45) is 5.92 Å². The SMILES string of the molecule is C[C@@H]1CN(C(=O)CCC(=O)O)CC[C@@H]1O. The van der Waals surface area contributed by atoms with Crippen molar-refractivity contribution < 1.29 is 19.8 Å². The molecule has 1 rings (SSSR count). The summed E-state index contributed by atoms with van der Waals surface area (Å²) < 4.78 is 0. The Balaban J connectivity index is 2.37. The zero-order chi connectivity index (χ0) is 11.4. The Morgan fingerprint density at radius 1 is 1.40 bits per heavy atom. The van der Waals surface area contributed by atoms with E-state index in [-0.39, 0.29) is 30.8 Å². The highest BCUT2D eigenvalue weighted by Gasteiger charge is 2.26. The van der Waals surface area contributed by atoms with E-state index in [1.807, 2.05) is 6.92 Å². The van der Waals surface area contributed by atoms with E-state index in [2.05, 4.69) is 0 Å². The third-order valence-electron chi connectivity index (χ3n) is 2.77. The minimum Gasteiger partial charge on any atom is -0.481 e. The predicted octanol–water partition coefficient (Wildman–Crippen LogP) is 0.0805. The summed E-state index contributed by atoms with van der Waals surface area (Å²) in [5.41, 5.74) is 0. The number of amides is 1. The van der Waals surface area contributed by atoms with Gasteiger partial charge in [-0.15, -0.1) is 0 Å². The number of carbonyl (C=O) groups is 2. The van der Waals surface area contributed by atoms with Crippen LogP contribution in [0.1, 0.15) is 26.2 Å².